The van der Waals surface area contributed by atoms with Crippen molar-refractivity contribution in [1.82, 2.24) is 10.3 Å². The molecule has 3 nitrogen and oxygen atoms in total. The molecule has 2 aromatic carbocycles. The lowest BCUT2D eigenvalue weighted by atomic mass is 9.94. The molecule has 160 valence electrons. The molecule has 0 radical (unpaired) electrons. The fourth-order valence-electron chi connectivity index (χ4n) is 4.77. The standard InChI is InChI=1S/C27H29BrN2O/c28-27(15-11-21(12-16-27)20-6-2-1-3-7-20)31-19-5-9-22-8-4-10-25-26(22)23-13-17-29-18-14-24(23)30-25/h1-4,6-8,10-12,15-16,21,29-30H,5,9,13-14,17-19H2. The van der Waals surface area contributed by atoms with Crippen LogP contribution in [-0.2, 0) is 24.0 Å². The highest BCUT2D eigenvalue weighted by Gasteiger charge is 2.24. The molecular formula is C27H29BrN2O. The molecule has 0 saturated heterocycles. The summed E-state index contributed by atoms with van der Waals surface area (Å²) in [5.74, 6) is 0.311. The van der Waals surface area contributed by atoms with Gasteiger partial charge in [0.05, 0.1) is 0 Å². The maximum atomic E-state index is 6.23. The monoisotopic (exact) mass is 476 g/mol. The van der Waals surface area contributed by atoms with Gasteiger partial charge in [-0.2, -0.15) is 0 Å². The van der Waals surface area contributed by atoms with Crippen LogP contribution in [0.3, 0.4) is 0 Å². The summed E-state index contributed by atoms with van der Waals surface area (Å²) < 4.78 is 5.73. The molecule has 1 aliphatic heterocycles. The first kappa shape index (κ1) is 20.7. The summed E-state index contributed by atoms with van der Waals surface area (Å²) in [4.78, 5) is 3.67. The second-order valence-corrected chi connectivity index (χ2v) is 9.72. The van der Waals surface area contributed by atoms with Crippen molar-refractivity contribution in [3.8, 4) is 0 Å². The van der Waals surface area contributed by atoms with E-state index >= 15 is 0 Å². The molecule has 3 aromatic rings. The van der Waals surface area contributed by atoms with E-state index in [0.29, 0.717) is 12.5 Å². The number of rotatable bonds is 6. The summed E-state index contributed by atoms with van der Waals surface area (Å²) in [6.45, 7) is 2.83. The first-order valence-corrected chi connectivity index (χ1v) is 12.1. The Balaban J connectivity index is 1.21. The van der Waals surface area contributed by atoms with Crippen molar-refractivity contribution < 1.29 is 4.74 Å². The third-order valence-electron chi connectivity index (χ3n) is 6.37. The van der Waals surface area contributed by atoms with Crippen LogP contribution >= 0.6 is 15.9 Å². The van der Waals surface area contributed by atoms with Crippen LogP contribution in [0.5, 0.6) is 0 Å². The Morgan fingerprint density at radius 3 is 2.61 bits per heavy atom. The number of nitrogens with one attached hydrogen (secondary N) is 2. The first-order chi connectivity index (χ1) is 15.2. The normalized spacial score (nSPS) is 23.1. The molecule has 5 rings (SSSR count). The molecule has 1 aromatic heterocycles. The van der Waals surface area contributed by atoms with Crippen molar-refractivity contribution in [3.05, 3.63) is 95.2 Å². The summed E-state index contributed by atoms with van der Waals surface area (Å²) in [7, 11) is 0. The van der Waals surface area contributed by atoms with Gasteiger partial charge in [-0.15, -0.1) is 0 Å². The van der Waals surface area contributed by atoms with E-state index in [9.17, 15) is 0 Å². The lowest BCUT2D eigenvalue weighted by Crippen LogP contribution is -2.22. The number of aromatic amines is 1. The number of halogens is 1. The van der Waals surface area contributed by atoms with Gasteiger partial charge in [-0.1, -0.05) is 54.6 Å². The lowest BCUT2D eigenvalue weighted by molar-refractivity contribution is 0.0935. The average Bonchev–Trinajstić information content (AvgIpc) is 3.00. The third-order valence-corrected chi connectivity index (χ3v) is 7.12. The summed E-state index contributed by atoms with van der Waals surface area (Å²) >= 11 is 3.77. The van der Waals surface area contributed by atoms with Crippen LogP contribution in [0.1, 0.15) is 34.7 Å². The Labute approximate surface area is 192 Å². The third kappa shape index (κ3) is 4.57. The molecule has 0 fully saturated rings. The summed E-state index contributed by atoms with van der Waals surface area (Å²) in [5, 5.41) is 4.96. The maximum Gasteiger partial charge on any atom is 0.159 e. The number of aryl methyl sites for hydroxylation is 1. The van der Waals surface area contributed by atoms with E-state index < -0.39 is 4.51 Å². The van der Waals surface area contributed by atoms with Gasteiger partial charge in [0.1, 0.15) is 0 Å². The van der Waals surface area contributed by atoms with Crippen molar-refractivity contribution in [1.29, 1.82) is 0 Å². The van der Waals surface area contributed by atoms with E-state index in [0.717, 1.165) is 38.8 Å². The van der Waals surface area contributed by atoms with Gasteiger partial charge in [0.15, 0.2) is 4.51 Å². The molecule has 2 N–H and O–H groups in total. The van der Waals surface area contributed by atoms with Crippen molar-refractivity contribution in [2.45, 2.75) is 36.1 Å². The molecule has 1 aliphatic carbocycles. The van der Waals surface area contributed by atoms with Gasteiger partial charge < -0.3 is 15.0 Å². The Morgan fingerprint density at radius 1 is 0.968 bits per heavy atom. The van der Waals surface area contributed by atoms with Crippen LogP contribution in [-0.4, -0.2) is 29.2 Å². The Kier molecular flexibility index (Phi) is 6.13. The van der Waals surface area contributed by atoms with E-state index in [4.69, 9.17) is 4.74 Å². The van der Waals surface area contributed by atoms with E-state index in [1.807, 2.05) is 0 Å². The number of hydrogen-bond donors (Lipinski definition) is 2. The second-order valence-electron chi connectivity index (χ2n) is 8.48. The minimum Gasteiger partial charge on any atom is -0.358 e. The molecule has 0 saturated carbocycles. The SMILES string of the molecule is BrC1(OCCCc2cccc3[nH]c4c(c23)CCNCC4)C=CC(c2ccccc2)C=C1. The Bertz CT molecular complexity index is 1090. The highest BCUT2D eigenvalue weighted by molar-refractivity contribution is 9.10. The Morgan fingerprint density at radius 2 is 1.77 bits per heavy atom. The molecule has 31 heavy (non-hydrogen) atoms. The highest BCUT2D eigenvalue weighted by atomic mass is 79.9. The zero-order valence-electron chi connectivity index (χ0n) is 17.7. The minimum absolute atomic E-state index is 0.311. The van der Waals surface area contributed by atoms with Gasteiger partial charge in [0.2, 0.25) is 0 Å². The van der Waals surface area contributed by atoms with Crippen molar-refractivity contribution in [2.75, 3.05) is 19.7 Å². The van der Waals surface area contributed by atoms with Crippen LogP contribution in [0, 0.1) is 0 Å². The summed E-state index contributed by atoms with van der Waals surface area (Å²) in [5.41, 5.74) is 6.95. The lowest BCUT2D eigenvalue weighted by Gasteiger charge is -2.25. The van der Waals surface area contributed by atoms with E-state index in [2.05, 4.69) is 99.1 Å². The van der Waals surface area contributed by atoms with Gasteiger partial charge in [-0.05, 0) is 76.6 Å². The van der Waals surface area contributed by atoms with Gasteiger partial charge in [-0.3, -0.25) is 0 Å². The van der Waals surface area contributed by atoms with Crippen LogP contribution < -0.4 is 5.32 Å². The Hall–Kier alpha value is -2.14. The zero-order chi connectivity index (χ0) is 21.1. The second kappa shape index (κ2) is 9.15. The van der Waals surface area contributed by atoms with Gasteiger partial charge >= 0.3 is 0 Å². The van der Waals surface area contributed by atoms with Crippen LogP contribution in [0.15, 0.2) is 72.8 Å². The quantitative estimate of drug-likeness (QED) is 0.267. The number of allylic oxidation sites excluding steroid dienone is 2. The van der Waals surface area contributed by atoms with Crippen molar-refractivity contribution in [3.63, 3.8) is 0 Å². The number of H-pyrrole nitrogens is 1. The number of fused-ring (bicyclic) bond motifs is 3. The largest absolute Gasteiger partial charge is 0.358 e. The zero-order valence-corrected chi connectivity index (χ0v) is 19.3. The average molecular weight is 477 g/mol. The van der Waals surface area contributed by atoms with Crippen LogP contribution in [0.25, 0.3) is 10.9 Å². The van der Waals surface area contributed by atoms with E-state index in [1.165, 1.54) is 33.3 Å². The van der Waals surface area contributed by atoms with Crippen LogP contribution in [0.4, 0.5) is 0 Å². The predicted molar refractivity (Wildman–Crippen MR) is 132 cm³/mol. The van der Waals surface area contributed by atoms with Crippen molar-refractivity contribution in [2.24, 2.45) is 0 Å². The fraction of sp³-hybridized carbons (Fsp3) is 0.333. The molecule has 0 bridgehead atoms. The number of ether oxygens (including phenoxy) is 1. The smallest absolute Gasteiger partial charge is 0.159 e. The van der Waals surface area contributed by atoms with Crippen LogP contribution in [0.2, 0.25) is 0 Å². The molecule has 2 aliphatic rings. The molecule has 2 heterocycles. The van der Waals surface area contributed by atoms with E-state index in [1.54, 1.807) is 0 Å². The molecule has 0 unspecified atom stereocenters. The number of hydrogen-bond acceptors (Lipinski definition) is 2. The fourth-order valence-corrected chi connectivity index (χ4v) is 5.24. The van der Waals surface area contributed by atoms with E-state index in [-0.39, 0.29) is 0 Å². The summed E-state index contributed by atoms with van der Waals surface area (Å²) in [6, 6.07) is 17.2. The van der Waals surface area contributed by atoms with Gasteiger partial charge in [0, 0.05) is 42.1 Å². The topological polar surface area (TPSA) is 37.0 Å². The molecule has 0 atom stereocenters. The molecule has 0 amide bonds. The highest BCUT2D eigenvalue weighted by Crippen LogP contribution is 2.33. The molecule has 0 spiro atoms. The van der Waals surface area contributed by atoms with Gasteiger partial charge in [0.25, 0.3) is 0 Å². The molecular weight excluding hydrogens is 448 g/mol. The van der Waals surface area contributed by atoms with Crippen molar-refractivity contribution >= 4 is 26.8 Å². The van der Waals surface area contributed by atoms with Gasteiger partial charge in [-0.25, -0.2) is 0 Å². The predicted octanol–water partition coefficient (Wildman–Crippen LogP) is 5.81. The number of benzene rings is 2. The maximum absolute atomic E-state index is 6.23. The number of alkyl halides is 1. The molecule has 4 heteroatoms. The summed E-state index contributed by atoms with van der Waals surface area (Å²) in [6.07, 6.45) is 12.9. The minimum atomic E-state index is -0.499. The number of aromatic nitrogens is 1. The first-order valence-electron chi connectivity index (χ1n) is 11.3.